The van der Waals surface area contributed by atoms with Gasteiger partial charge in [-0.3, -0.25) is 10.1 Å². The molecule has 0 saturated heterocycles. The minimum Gasteiger partial charge on any atom is -0.299 e. The van der Waals surface area contributed by atoms with Gasteiger partial charge in [-0.15, -0.1) is 10.2 Å². The first-order chi connectivity index (χ1) is 8.57. The number of aromatic nitrogens is 2. The van der Waals surface area contributed by atoms with Gasteiger partial charge in [0.15, 0.2) is 0 Å². The second-order valence-corrected chi connectivity index (χ2v) is 5.46. The molecule has 0 bridgehead atoms. The molecule has 0 spiro atoms. The number of aryl methyl sites for hydroxylation is 1. The molecule has 1 amide bonds. The van der Waals surface area contributed by atoms with Gasteiger partial charge in [0.25, 0.3) is 0 Å². The molecule has 18 heavy (non-hydrogen) atoms. The van der Waals surface area contributed by atoms with Gasteiger partial charge in [0.05, 0.1) is 6.07 Å². The number of nitrogens with zero attached hydrogens (tertiary/aromatic N) is 3. The van der Waals surface area contributed by atoms with Crippen molar-refractivity contribution in [3.8, 4) is 6.07 Å². The van der Waals surface area contributed by atoms with Gasteiger partial charge < -0.3 is 0 Å². The highest BCUT2D eigenvalue weighted by molar-refractivity contribution is 7.15. The van der Waals surface area contributed by atoms with Crippen LogP contribution in [0, 0.1) is 23.7 Å². The standard InChI is InChI=1S/C12H18N4OS/c1-4-6-12(8-13,7-5-2)10(17)14-11-16-15-9(3)18-11/h4-7H2,1-3H3,(H,14,16,17). The van der Waals surface area contributed by atoms with E-state index < -0.39 is 5.41 Å². The van der Waals surface area contributed by atoms with Crippen molar-refractivity contribution in [3.63, 3.8) is 0 Å². The number of nitrogens with one attached hydrogen (secondary N) is 1. The van der Waals surface area contributed by atoms with Crippen molar-refractivity contribution in [2.45, 2.75) is 46.5 Å². The highest BCUT2D eigenvalue weighted by Crippen LogP contribution is 2.31. The summed E-state index contributed by atoms with van der Waals surface area (Å²) in [5.41, 5.74) is -0.941. The molecule has 1 aromatic heterocycles. The molecule has 1 aromatic rings. The molecule has 0 unspecified atom stereocenters. The monoisotopic (exact) mass is 266 g/mol. The number of carbonyl (C=O) groups is 1. The summed E-state index contributed by atoms with van der Waals surface area (Å²) >= 11 is 1.32. The topological polar surface area (TPSA) is 78.7 Å². The fraction of sp³-hybridized carbons (Fsp3) is 0.667. The molecule has 1 N–H and O–H groups in total. The first kappa shape index (κ1) is 14.6. The number of hydrogen-bond acceptors (Lipinski definition) is 5. The van der Waals surface area contributed by atoms with Gasteiger partial charge in [0, 0.05) is 0 Å². The van der Waals surface area contributed by atoms with Gasteiger partial charge in [0.2, 0.25) is 11.0 Å². The van der Waals surface area contributed by atoms with Crippen LogP contribution in [0.4, 0.5) is 5.13 Å². The molecule has 0 aliphatic carbocycles. The van der Waals surface area contributed by atoms with Crippen molar-refractivity contribution >= 4 is 22.4 Å². The van der Waals surface area contributed by atoms with Crippen LogP contribution in [0.1, 0.15) is 44.5 Å². The molecule has 0 aromatic carbocycles. The predicted molar refractivity (Wildman–Crippen MR) is 71.1 cm³/mol. The Morgan fingerprint density at radius 1 is 1.39 bits per heavy atom. The van der Waals surface area contributed by atoms with Crippen molar-refractivity contribution in [1.82, 2.24) is 10.2 Å². The van der Waals surface area contributed by atoms with E-state index in [1.165, 1.54) is 11.3 Å². The number of rotatable bonds is 6. The molecular formula is C12H18N4OS. The molecule has 1 rings (SSSR count). The Balaban J connectivity index is 2.85. The number of nitriles is 1. The number of hydrogen-bond donors (Lipinski definition) is 1. The molecule has 0 aliphatic heterocycles. The third kappa shape index (κ3) is 3.26. The maximum absolute atomic E-state index is 12.3. The lowest BCUT2D eigenvalue weighted by Gasteiger charge is -2.23. The van der Waals surface area contributed by atoms with E-state index in [-0.39, 0.29) is 5.91 Å². The molecule has 0 fully saturated rings. The van der Waals surface area contributed by atoms with Crippen LogP contribution in [-0.4, -0.2) is 16.1 Å². The van der Waals surface area contributed by atoms with Gasteiger partial charge in [-0.1, -0.05) is 38.0 Å². The Morgan fingerprint density at radius 2 is 2.00 bits per heavy atom. The maximum Gasteiger partial charge on any atom is 0.246 e. The summed E-state index contributed by atoms with van der Waals surface area (Å²) < 4.78 is 0. The number of anilines is 1. The van der Waals surface area contributed by atoms with Gasteiger partial charge in [0.1, 0.15) is 10.4 Å². The summed E-state index contributed by atoms with van der Waals surface area (Å²) in [7, 11) is 0. The highest BCUT2D eigenvalue weighted by atomic mass is 32.1. The first-order valence-corrected chi connectivity index (χ1v) is 6.92. The van der Waals surface area contributed by atoms with Crippen molar-refractivity contribution in [3.05, 3.63) is 5.01 Å². The highest BCUT2D eigenvalue weighted by Gasteiger charge is 2.37. The van der Waals surface area contributed by atoms with Crippen LogP contribution < -0.4 is 5.32 Å². The summed E-state index contributed by atoms with van der Waals surface area (Å²) in [4.78, 5) is 12.3. The van der Waals surface area contributed by atoms with E-state index in [0.717, 1.165) is 17.8 Å². The molecule has 98 valence electrons. The Bertz CT molecular complexity index is 443. The van der Waals surface area contributed by atoms with E-state index in [1.807, 2.05) is 20.8 Å². The summed E-state index contributed by atoms with van der Waals surface area (Å²) in [5.74, 6) is -0.259. The van der Waals surface area contributed by atoms with Crippen molar-refractivity contribution in [1.29, 1.82) is 5.26 Å². The summed E-state index contributed by atoms with van der Waals surface area (Å²) in [5, 5.41) is 21.0. The van der Waals surface area contributed by atoms with Crippen LogP contribution in [0.3, 0.4) is 0 Å². The Labute approximate surface area is 111 Å². The minimum absolute atomic E-state index is 0.259. The average Bonchev–Trinajstić information content (AvgIpc) is 2.74. The van der Waals surface area contributed by atoms with Crippen LogP contribution in [0.5, 0.6) is 0 Å². The third-order valence-corrected chi connectivity index (χ3v) is 3.50. The molecule has 0 saturated carbocycles. The lowest BCUT2D eigenvalue weighted by atomic mass is 9.80. The van der Waals surface area contributed by atoms with E-state index in [0.29, 0.717) is 18.0 Å². The molecule has 0 aliphatic rings. The van der Waals surface area contributed by atoms with Crippen LogP contribution in [0.25, 0.3) is 0 Å². The first-order valence-electron chi connectivity index (χ1n) is 6.10. The molecule has 1 heterocycles. The van der Waals surface area contributed by atoms with Crippen LogP contribution in [-0.2, 0) is 4.79 Å². The van der Waals surface area contributed by atoms with E-state index >= 15 is 0 Å². The molecule has 0 atom stereocenters. The van der Waals surface area contributed by atoms with Crippen molar-refractivity contribution in [2.24, 2.45) is 5.41 Å². The zero-order valence-corrected chi connectivity index (χ0v) is 11.8. The van der Waals surface area contributed by atoms with Crippen LogP contribution in [0.15, 0.2) is 0 Å². The van der Waals surface area contributed by atoms with Crippen LogP contribution >= 0.6 is 11.3 Å². The summed E-state index contributed by atoms with van der Waals surface area (Å²) in [6.45, 7) is 5.78. The molecule has 5 nitrogen and oxygen atoms in total. The Morgan fingerprint density at radius 3 is 2.39 bits per heavy atom. The predicted octanol–water partition coefficient (Wildman–Crippen LogP) is 2.90. The fourth-order valence-corrected chi connectivity index (χ4v) is 2.52. The van der Waals surface area contributed by atoms with Crippen molar-refractivity contribution < 1.29 is 4.79 Å². The normalized spacial score (nSPS) is 11.0. The van der Waals surface area contributed by atoms with Gasteiger partial charge in [-0.05, 0) is 19.8 Å². The second-order valence-electron chi connectivity index (χ2n) is 4.27. The minimum atomic E-state index is -0.941. The fourth-order valence-electron chi connectivity index (χ4n) is 1.93. The number of carbonyl (C=O) groups excluding carboxylic acids is 1. The lowest BCUT2D eigenvalue weighted by molar-refractivity contribution is -0.123. The Kier molecular flexibility index (Phi) is 5.23. The van der Waals surface area contributed by atoms with E-state index in [9.17, 15) is 10.1 Å². The number of amides is 1. The maximum atomic E-state index is 12.3. The third-order valence-electron chi connectivity index (χ3n) is 2.75. The summed E-state index contributed by atoms with van der Waals surface area (Å²) in [6, 6.07) is 2.19. The molecule has 0 radical (unpaired) electrons. The van der Waals surface area contributed by atoms with Gasteiger partial charge in [-0.2, -0.15) is 5.26 Å². The quantitative estimate of drug-likeness (QED) is 0.858. The smallest absolute Gasteiger partial charge is 0.246 e. The van der Waals surface area contributed by atoms with Crippen LogP contribution in [0.2, 0.25) is 0 Å². The average molecular weight is 266 g/mol. The van der Waals surface area contributed by atoms with Crippen molar-refractivity contribution in [2.75, 3.05) is 5.32 Å². The second kappa shape index (κ2) is 6.45. The Hall–Kier alpha value is -1.48. The molecular weight excluding hydrogens is 248 g/mol. The zero-order valence-electron chi connectivity index (χ0n) is 11.0. The largest absolute Gasteiger partial charge is 0.299 e. The van der Waals surface area contributed by atoms with E-state index in [1.54, 1.807) is 0 Å². The zero-order chi connectivity index (χ0) is 13.6. The molecule has 6 heteroatoms. The SMILES string of the molecule is CCCC(C#N)(CCC)C(=O)Nc1nnc(C)s1. The van der Waals surface area contributed by atoms with E-state index in [4.69, 9.17) is 0 Å². The van der Waals surface area contributed by atoms with Gasteiger partial charge >= 0.3 is 0 Å². The lowest BCUT2D eigenvalue weighted by Crippen LogP contribution is -2.35. The van der Waals surface area contributed by atoms with E-state index in [2.05, 4.69) is 21.6 Å². The summed E-state index contributed by atoms with van der Waals surface area (Å²) in [6.07, 6.45) is 2.74. The van der Waals surface area contributed by atoms with Gasteiger partial charge in [-0.25, -0.2) is 0 Å².